The van der Waals surface area contributed by atoms with E-state index in [1.165, 1.54) is 31.4 Å². The third-order valence-electron chi connectivity index (χ3n) is 2.64. The van der Waals surface area contributed by atoms with Gasteiger partial charge in [0.05, 0.1) is 0 Å². The van der Waals surface area contributed by atoms with Gasteiger partial charge in [0.25, 0.3) is 6.43 Å². The standard InChI is InChI=1S/C11H13F2N/c12-11(13)8-4-6-10(7-5-8)14-9-2-1-3-9/h4-7,9,11,14H,1-3H2. The number of hydrogen-bond donors (Lipinski definition) is 1. The van der Waals surface area contributed by atoms with Crippen LogP contribution in [0.25, 0.3) is 0 Å². The highest BCUT2D eigenvalue weighted by molar-refractivity contribution is 5.45. The van der Waals surface area contributed by atoms with Crippen molar-refractivity contribution < 1.29 is 8.78 Å². The number of rotatable bonds is 3. The Hall–Kier alpha value is -1.12. The Morgan fingerprint density at radius 3 is 2.21 bits per heavy atom. The molecule has 1 saturated carbocycles. The Balaban J connectivity index is 1.98. The maximum atomic E-state index is 12.2. The molecule has 0 bridgehead atoms. The Morgan fingerprint density at radius 1 is 1.14 bits per heavy atom. The summed E-state index contributed by atoms with van der Waals surface area (Å²) in [7, 11) is 0. The van der Waals surface area contributed by atoms with Crippen molar-refractivity contribution in [2.45, 2.75) is 31.7 Å². The van der Waals surface area contributed by atoms with Crippen LogP contribution in [-0.2, 0) is 0 Å². The zero-order valence-electron chi connectivity index (χ0n) is 7.84. The van der Waals surface area contributed by atoms with Gasteiger partial charge in [-0.25, -0.2) is 8.78 Å². The van der Waals surface area contributed by atoms with Gasteiger partial charge >= 0.3 is 0 Å². The van der Waals surface area contributed by atoms with Crippen molar-refractivity contribution in [2.75, 3.05) is 5.32 Å². The molecule has 1 nitrogen and oxygen atoms in total. The van der Waals surface area contributed by atoms with Gasteiger partial charge in [-0.3, -0.25) is 0 Å². The highest BCUT2D eigenvalue weighted by Crippen LogP contribution is 2.25. The molecule has 3 heteroatoms. The first-order valence-electron chi connectivity index (χ1n) is 4.90. The normalized spacial score (nSPS) is 16.8. The summed E-state index contributed by atoms with van der Waals surface area (Å²) in [6.07, 6.45) is 1.28. The summed E-state index contributed by atoms with van der Waals surface area (Å²) in [4.78, 5) is 0. The van der Waals surface area contributed by atoms with Gasteiger partial charge in [0.15, 0.2) is 0 Å². The van der Waals surface area contributed by atoms with E-state index < -0.39 is 6.43 Å². The third-order valence-corrected chi connectivity index (χ3v) is 2.64. The molecule has 0 radical (unpaired) electrons. The molecule has 0 heterocycles. The Kier molecular flexibility index (Phi) is 2.66. The Labute approximate surface area is 82.1 Å². The first-order valence-corrected chi connectivity index (χ1v) is 4.90. The first-order chi connectivity index (χ1) is 6.75. The van der Waals surface area contributed by atoms with Gasteiger partial charge in [-0.05, 0) is 31.4 Å². The number of hydrogen-bond acceptors (Lipinski definition) is 1. The van der Waals surface area contributed by atoms with Crippen LogP contribution >= 0.6 is 0 Å². The predicted octanol–water partition coefficient (Wildman–Crippen LogP) is 3.59. The molecule has 0 saturated heterocycles. The lowest BCUT2D eigenvalue weighted by Crippen LogP contribution is -2.26. The lowest BCUT2D eigenvalue weighted by Gasteiger charge is -2.27. The van der Waals surface area contributed by atoms with Gasteiger partial charge in [-0.2, -0.15) is 0 Å². The van der Waals surface area contributed by atoms with Crippen LogP contribution in [0.2, 0.25) is 0 Å². The number of benzene rings is 1. The van der Waals surface area contributed by atoms with E-state index in [2.05, 4.69) is 5.32 Å². The summed E-state index contributed by atoms with van der Waals surface area (Å²) >= 11 is 0. The van der Waals surface area contributed by atoms with Gasteiger partial charge in [-0.15, -0.1) is 0 Å². The van der Waals surface area contributed by atoms with Gasteiger partial charge in [0.2, 0.25) is 0 Å². The molecular weight excluding hydrogens is 184 g/mol. The molecule has 0 spiro atoms. The molecule has 1 aromatic rings. The van der Waals surface area contributed by atoms with Crippen molar-refractivity contribution in [3.05, 3.63) is 29.8 Å². The summed E-state index contributed by atoms with van der Waals surface area (Å²) in [6, 6.07) is 6.95. The minimum absolute atomic E-state index is 0.0872. The molecule has 0 aliphatic heterocycles. The van der Waals surface area contributed by atoms with E-state index in [4.69, 9.17) is 0 Å². The predicted molar refractivity (Wildman–Crippen MR) is 52.7 cm³/mol. The van der Waals surface area contributed by atoms with Crippen LogP contribution in [0.5, 0.6) is 0 Å². The van der Waals surface area contributed by atoms with E-state index in [1.54, 1.807) is 12.1 Å². The van der Waals surface area contributed by atoms with Gasteiger partial charge in [0, 0.05) is 17.3 Å². The quantitative estimate of drug-likeness (QED) is 0.780. The molecule has 1 fully saturated rings. The van der Waals surface area contributed by atoms with Crippen LogP contribution in [-0.4, -0.2) is 6.04 Å². The molecule has 1 aliphatic rings. The molecular formula is C11H13F2N. The fourth-order valence-corrected chi connectivity index (χ4v) is 1.51. The number of alkyl halides is 2. The van der Waals surface area contributed by atoms with Gasteiger partial charge < -0.3 is 5.32 Å². The minimum atomic E-state index is -2.37. The topological polar surface area (TPSA) is 12.0 Å². The molecule has 0 aromatic heterocycles. The summed E-state index contributed by atoms with van der Waals surface area (Å²) in [5.74, 6) is 0. The zero-order valence-corrected chi connectivity index (χ0v) is 7.84. The highest BCUT2D eigenvalue weighted by Gasteiger charge is 2.16. The minimum Gasteiger partial charge on any atom is -0.382 e. The van der Waals surface area contributed by atoms with Crippen LogP contribution in [0.3, 0.4) is 0 Å². The van der Waals surface area contributed by atoms with E-state index in [0.29, 0.717) is 6.04 Å². The molecule has 0 atom stereocenters. The molecule has 14 heavy (non-hydrogen) atoms. The second kappa shape index (κ2) is 3.95. The molecule has 76 valence electrons. The molecule has 1 aromatic carbocycles. The largest absolute Gasteiger partial charge is 0.382 e. The maximum absolute atomic E-state index is 12.2. The van der Waals surface area contributed by atoms with Gasteiger partial charge in [0.1, 0.15) is 0 Å². The first kappa shape index (κ1) is 9.44. The molecule has 1 N–H and O–H groups in total. The molecule has 0 amide bonds. The van der Waals surface area contributed by atoms with Crippen LogP contribution < -0.4 is 5.32 Å². The maximum Gasteiger partial charge on any atom is 0.263 e. The van der Waals surface area contributed by atoms with Crippen molar-refractivity contribution >= 4 is 5.69 Å². The second-order valence-electron chi connectivity index (χ2n) is 3.69. The zero-order chi connectivity index (χ0) is 9.97. The number of halogens is 2. The van der Waals surface area contributed by atoms with Crippen molar-refractivity contribution in [2.24, 2.45) is 0 Å². The van der Waals surface area contributed by atoms with Crippen LogP contribution in [0.1, 0.15) is 31.3 Å². The lowest BCUT2D eigenvalue weighted by atomic mass is 9.93. The SMILES string of the molecule is FC(F)c1ccc(NC2CCC2)cc1. The van der Waals surface area contributed by atoms with Crippen LogP contribution in [0.15, 0.2) is 24.3 Å². The van der Waals surface area contributed by atoms with Crippen LogP contribution in [0.4, 0.5) is 14.5 Å². The van der Waals surface area contributed by atoms with E-state index in [-0.39, 0.29) is 5.56 Å². The monoisotopic (exact) mass is 197 g/mol. The Bertz CT molecular complexity index is 291. The van der Waals surface area contributed by atoms with Crippen molar-refractivity contribution in [1.82, 2.24) is 0 Å². The Morgan fingerprint density at radius 2 is 1.79 bits per heavy atom. The number of nitrogens with one attached hydrogen (secondary N) is 1. The third kappa shape index (κ3) is 2.03. The lowest BCUT2D eigenvalue weighted by molar-refractivity contribution is 0.151. The van der Waals surface area contributed by atoms with E-state index in [0.717, 1.165) is 5.69 Å². The van der Waals surface area contributed by atoms with Crippen LogP contribution in [0, 0.1) is 0 Å². The molecule has 2 rings (SSSR count). The average Bonchev–Trinajstić information content (AvgIpc) is 2.12. The van der Waals surface area contributed by atoms with E-state index >= 15 is 0 Å². The summed E-state index contributed by atoms with van der Waals surface area (Å²) in [5.41, 5.74) is 1.03. The number of anilines is 1. The average molecular weight is 197 g/mol. The summed E-state index contributed by atoms with van der Waals surface area (Å²) in [5, 5.41) is 3.30. The molecule has 0 unspecified atom stereocenters. The summed E-state index contributed by atoms with van der Waals surface area (Å²) < 4.78 is 24.4. The fraction of sp³-hybridized carbons (Fsp3) is 0.455. The smallest absolute Gasteiger partial charge is 0.263 e. The van der Waals surface area contributed by atoms with Crippen molar-refractivity contribution in [1.29, 1.82) is 0 Å². The summed E-state index contributed by atoms with van der Waals surface area (Å²) in [6.45, 7) is 0. The molecule has 1 aliphatic carbocycles. The second-order valence-corrected chi connectivity index (χ2v) is 3.69. The van der Waals surface area contributed by atoms with Gasteiger partial charge in [-0.1, -0.05) is 12.1 Å². The van der Waals surface area contributed by atoms with Crippen molar-refractivity contribution in [3.63, 3.8) is 0 Å². The van der Waals surface area contributed by atoms with E-state index in [9.17, 15) is 8.78 Å². The van der Waals surface area contributed by atoms with E-state index in [1.807, 2.05) is 0 Å². The fourth-order valence-electron chi connectivity index (χ4n) is 1.51. The highest BCUT2D eigenvalue weighted by atomic mass is 19.3. The van der Waals surface area contributed by atoms with Crippen molar-refractivity contribution in [3.8, 4) is 0 Å².